The lowest BCUT2D eigenvalue weighted by Gasteiger charge is -2.40. The predicted molar refractivity (Wildman–Crippen MR) is 77.1 cm³/mol. The van der Waals surface area contributed by atoms with Crippen LogP contribution in [-0.2, 0) is 4.74 Å². The van der Waals surface area contributed by atoms with E-state index in [9.17, 15) is 20.1 Å². The molecule has 1 aromatic rings. The summed E-state index contributed by atoms with van der Waals surface area (Å²) in [5.74, 6) is 0. The average Bonchev–Trinajstić information content (AvgIpc) is 2.47. The highest BCUT2D eigenvalue weighted by atomic mass is 16.6. The molecule has 22 heavy (non-hydrogen) atoms. The third-order valence-electron chi connectivity index (χ3n) is 3.47. The monoisotopic (exact) mass is 312 g/mol. The molecular weight excluding hydrogens is 292 g/mol. The summed E-state index contributed by atoms with van der Waals surface area (Å²) in [6.45, 7) is 1.31. The van der Waals surface area contributed by atoms with Crippen molar-refractivity contribution in [3.05, 3.63) is 29.8 Å². The summed E-state index contributed by atoms with van der Waals surface area (Å²) >= 11 is 0. The van der Waals surface area contributed by atoms with E-state index in [0.29, 0.717) is 5.69 Å². The van der Waals surface area contributed by atoms with Gasteiger partial charge in [-0.1, -0.05) is 12.1 Å². The van der Waals surface area contributed by atoms with Crippen molar-refractivity contribution < 1.29 is 30.0 Å². The van der Waals surface area contributed by atoms with Gasteiger partial charge < -0.3 is 35.8 Å². The minimum Gasteiger partial charge on any atom is -0.394 e. The third kappa shape index (κ3) is 3.73. The number of carbonyl (C=O) groups excluding carboxylic acids is 1. The van der Waals surface area contributed by atoms with E-state index in [1.807, 2.05) is 13.0 Å². The van der Waals surface area contributed by atoms with Gasteiger partial charge in [-0.25, -0.2) is 4.79 Å². The first-order valence-electron chi connectivity index (χ1n) is 6.87. The van der Waals surface area contributed by atoms with Gasteiger partial charge in [-0.05, 0) is 24.6 Å². The van der Waals surface area contributed by atoms with Gasteiger partial charge in [0.25, 0.3) is 0 Å². The summed E-state index contributed by atoms with van der Waals surface area (Å²) in [6.07, 6.45) is -5.54. The molecule has 8 nitrogen and oxygen atoms in total. The fraction of sp³-hybridized carbons (Fsp3) is 0.500. The molecular formula is C14H20N2O6. The van der Waals surface area contributed by atoms with Crippen molar-refractivity contribution in [1.82, 2.24) is 5.32 Å². The van der Waals surface area contributed by atoms with Gasteiger partial charge in [-0.15, -0.1) is 0 Å². The second kappa shape index (κ2) is 7.03. The van der Waals surface area contributed by atoms with Gasteiger partial charge in [0.15, 0.2) is 6.29 Å². The molecule has 6 N–H and O–H groups in total. The first-order valence-corrected chi connectivity index (χ1v) is 6.87. The lowest BCUT2D eigenvalue weighted by Crippen LogP contribution is -2.64. The Labute approximate surface area is 127 Å². The number of aryl methyl sites for hydroxylation is 1. The van der Waals surface area contributed by atoms with E-state index in [2.05, 4.69) is 10.6 Å². The van der Waals surface area contributed by atoms with Crippen molar-refractivity contribution >= 4 is 11.7 Å². The predicted octanol–water partition coefficient (Wildman–Crippen LogP) is -1.08. The highest BCUT2D eigenvalue weighted by Crippen LogP contribution is 2.20. The Balaban J connectivity index is 1.98. The molecule has 8 heteroatoms. The summed E-state index contributed by atoms with van der Waals surface area (Å²) in [7, 11) is 0. The van der Waals surface area contributed by atoms with Crippen LogP contribution in [0.5, 0.6) is 0 Å². The van der Waals surface area contributed by atoms with Gasteiger partial charge in [-0.3, -0.25) is 0 Å². The lowest BCUT2D eigenvalue weighted by molar-refractivity contribution is -0.252. The number of aliphatic hydroxyl groups excluding tert-OH is 4. The Hall–Kier alpha value is -1.71. The zero-order valence-corrected chi connectivity index (χ0v) is 12.0. The van der Waals surface area contributed by atoms with Crippen LogP contribution >= 0.6 is 0 Å². The molecule has 1 fully saturated rings. The summed E-state index contributed by atoms with van der Waals surface area (Å²) in [6, 6.07) is 5.20. The van der Waals surface area contributed by atoms with Crippen molar-refractivity contribution in [1.29, 1.82) is 0 Å². The fourth-order valence-electron chi connectivity index (χ4n) is 2.29. The summed E-state index contributed by atoms with van der Waals surface area (Å²) < 4.78 is 4.95. The van der Waals surface area contributed by atoms with Gasteiger partial charge in [-0.2, -0.15) is 0 Å². The topological polar surface area (TPSA) is 131 Å². The number of hydrogen-bond acceptors (Lipinski definition) is 6. The van der Waals surface area contributed by atoms with E-state index < -0.39 is 43.3 Å². The minimum absolute atomic E-state index is 0.548. The molecule has 0 aliphatic carbocycles. The molecule has 1 saturated heterocycles. The quantitative estimate of drug-likeness (QED) is 0.421. The largest absolute Gasteiger partial charge is 0.394 e. The number of nitrogens with one attached hydrogen (secondary N) is 2. The smallest absolute Gasteiger partial charge is 0.319 e. The van der Waals surface area contributed by atoms with Crippen LogP contribution in [0.2, 0.25) is 0 Å². The molecule has 0 radical (unpaired) electrons. The minimum atomic E-state index is -1.54. The second-order valence-corrected chi connectivity index (χ2v) is 5.22. The van der Waals surface area contributed by atoms with E-state index in [-0.39, 0.29) is 0 Å². The Morgan fingerprint density at radius 3 is 2.64 bits per heavy atom. The van der Waals surface area contributed by atoms with Crippen LogP contribution in [0.3, 0.4) is 0 Å². The van der Waals surface area contributed by atoms with Crippen LogP contribution in [-0.4, -0.2) is 63.7 Å². The zero-order chi connectivity index (χ0) is 16.3. The van der Waals surface area contributed by atoms with Crippen LogP contribution in [0.4, 0.5) is 10.5 Å². The second-order valence-electron chi connectivity index (χ2n) is 5.22. The first-order chi connectivity index (χ1) is 10.4. The third-order valence-corrected chi connectivity index (χ3v) is 3.47. The highest BCUT2D eigenvalue weighted by molar-refractivity contribution is 5.89. The molecule has 2 rings (SSSR count). The Kier molecular flexibility index (Phi) is 5.33. The van der Waals surface area contributed by atoms with Crippen LogP contribution < -0.4 is 10.6 Å². The molecule has 0 aromatic heterocycles. The van der Waals surface area contributed by atoms with Gasteiger partial charge in [0, 0.05) is 5.69 Å². The maximum atomic E-state index is 11.9. The normalized spacial score (nSPS) is 31.6. The van der Waals surface area contributed by atoms with E-state index >= 15 is 0 Å². The number of ether oxygens (including phenoxy) is 1. The first kappa shape index (κ1) is 16.7. The van der Waals surface area contributed by atoms with Gasteiger partial charge in [0.1, 0.15) is 24.4 Å². The molecule has 1 aliphatic rings. The number of amides is 2. The zero-order valence-electron chi connectivity index (χ0n) is 12.0. The fourth-order valence-corrected chi connectivity index (χ4v) is 2.29. The Morgan fingerprint density at radius 2 is 2.00 bits per heavy atom. The molecule has 5 atom stereocenters. The molecule has 1 aliphatic heterocycles. The van der Waals surface area contributed by atoms with E-state index in [4.69, 9.17) is 9.84 Å². The number of hydrogen-bond donors (Lipinski definition) is 6. The number of urea groups is 1. The SMILES string of the molecule is Cc1cccc(NC(=O)N[C@@H]2[C@@H](O)[C@H](O)[C@@H](CO)O[C@H]2O)c1. The Morgan fingerprint density at radius 1 is 1.27 bits per heavy atom. The van der Waals surface area contributed by atoms with Crippen LogP contribution in [0.1, 0.15) is 5.56 Å². The Bertz CT molecular complexity index is 526. The standard InChI is InChI=1S/C14H20N2O6/c1-7-3-2-4-8(5-7)15-14(21)16-10-12(19)11(18)9(6-17)22-13(10)20/h2-5,9-13,17-20H,6H2,1H3,(H2,15,16,21)/t9-,10-,11-,12-,13-/m1/s1. The van der Waals surface area contributed by atoms with Crippen LogP contribution in [0, 0.1) is 6.92 Å². The highest BCUT2D eigenvalue weighted by Gasteiger charge is 2.44. The van der Waals surface area contributed by atoms with Crippen molar-refractivity contribution in [2.75, 3.05) is 11.9 Å². The van der Waals surface area contributed by atoms with Crippen molar-refractivity contribution in [2.24, 2.45) is 0 Å². The molecule has 0 saturated carbocycles. The number of anilines is 1. The van der Waals surface area contributed by atoms with Gasteiger partial charge >= 0.3 is 6.03 Å². The summed E-state index contributed by atoms with van der Waals surface area (Å²) in [5.41, 5.74) is 1.51. The number of benzene rings is 1. The molecule has 0 spiro atoms. The van der Waals surface area contributed by atoms with E-state index in [0.717, 1.165) is 5.56 Å². The molecule has 1 aromatic carbocycles. The molecule has 122 valence electrons. The van der Waals surface area contributed by atoms with Gasteiger partial charge in [0.2, 0.25) is 0 Å². The molecule has 0 unspecified atom stereocenters. The average molecular weight is 312 g/mol. The van der Waals surface area contributed by atoms with Gasteiger partial charge in [0.05, 0.1) is 6.61 Å². The van der Waals surface area contributed by atoms with Crippen molar-refractivity contribution in [2.45, 2.75) is 37.6 Å². The molecule has 2 amide bonds. The van der Waals surface area contributed by atoms with Crippen molar-refractivity contribution in [3.63, 3.8) is 0 Å². The molecule has 0 bridgehead atoms. The maximum absolute atomic E-state index is 11.9. The lowest BCUT2D eigenvalue weighted by atomic mass is 9.97. The van der Waals surface area contributed by atoms with Crippen LogP contribution in [0.25, 0.3) is 0 Å². The van der Waals surface area contributed by atoms with Crippen LogP contribution in [0.15, 0.2) is 24.3 Å². The summed E-state index contributed by atoms with van der Waals surface area (Å²) in [5, 5.41) is 43.3. The van der Waals surface area contributed by atoms with Crippen molar-refractivity contribution in [3.8, 4) is 0 Å². The molecule has 1 heterocycles. The van der Waals surface area contributed by atoms with E-state index in [1.165, 1.54) is 0 Å². The number of aliphatic hydroxyl groups is 4. The maximum Gasteiger partial charge on any atom is 0.319 e. The summed E-state index contributed by atoms with van der Waals surface area (Å²) in [4.78, 5) is 11.9. The number of carbonyl (C=O) groups is 1. The van der Waals surface area contributed by atoms with E-state index in [1.54, 1.807) is 18.2 Å². The number of rotatable bonds is 3.